The number of hydrogen-bond acceptors (Lipinski definition) is 7. The van der Waals surface area contributed by atoms with Gasteiger partial charge in [-0.05, 0) is 44.0 Å². The molecular weight excluding hydrogens is 466 g/mol. The van der Waals surface area contributed by atoms with Crippen LogP contribution in [0.4, 0.5) is 5.69 Å². The van der Waals surface area contributed by atoms with Crippen LogP contribution in [0.2, 0.25) is 0 Å². The van der Waals surface area contributed by atoms with E-state index in [2.05, 4.69) is 34.3 Å². The summed E-state index contributed by atoms with van der Waals surface area (Å²) in [6.07, 6.45) is 2.17. The number of esters is 1. The smallest absolute Gasteiger partial charge is 0.338 e. The fraction of sp³-hybridized carbons (Fsp3) is 0.231. The number of nitrogens with one attached hydrogen (secondary N) is 1. The quantitative estimate of drug-likeness (QED) is 0.176. The summed E-state index contributed by atoms with van der Waals surface area (Å²) in [5, 5.41) is 4.34. The van der Waals surface area contributed by atoms with Gasteiger partial charge in [-0.1, -0.05) is 55.1 Å². The lowest BCUT2D eigenvalue weighted by molar-refractivity contribution is -0.115. The molecule has 1 atom stereocenters. The van der Waals surface area contributed by atoms with Crippen LogP contribution in [0.5, 0.6) is 0 Å². The minimum Gasteiger partial charge on any atom is -0.462 e. The molecule has 1 amide bonds. The molecule has 0 radical (unpaired) electrons. The highest BCUT2D eigenvalue weighted by molar-refractivity contribution is 8.00. The molecular formula is C26H25N3O3S2. The van der Waals surface area contributed by atoms with E-state index < -0.39 is 5.97 Å². The zero-order valence-electron chi connectivity index (χ0n) is 19.2. The van der Waals surface area contributed by atoms with Crippen LogP contribution in [0.25, 0.3) is 21.3 Å². The number of thiophene rings is 1. The summed E-state index contributed by atoms with van der Waals surface area (Å²) in [4.78, 5) is 36.3. The standard InChI is InChI=1S/C26H25N3O3S2/c1-4-20(23(30)29-19-13-9-12-18(14-19)26(31)32-5-2)34-25-22-21(17-10-7-6-8-11-17)16(3)33-24(22)27-15-28-25/h6-15,20H,4-5H2,1-3H3,(H,29,30). The highest BCUT2D eigenvalue weighted by Gasteiger charge is 2.23. The van der Waals surface area contributed by atoms with Crippen molar-refractivity contribution in [2.45, 2.75) is 37.5 Å². The van der Waals surface area contributed by atoms with Crippen LogP contribution in [-0.2, 0) is 9.53 Å². The summed E-state index contributed by atoms with van der Waals surface area (Å²) in [6, 6.07) is 17.0. The molecule has 0 saturated heterocycles. The van der Waals surface area contributed by atoms with Gasteiger partial charge in [-0.2, -0.15) is 0 Å². The number of aryl methyl sites for hydroxylation is 1. The molecule has 4 aromatic rings. The fourth-order valence-corrected chi connectivity index (χ4v) is 5.78. The molecule has 2 aromatic heterocycles. The number of ether oxygens (including phenoxy) is 1. The summed E-state index contributed by atoms with van der Waals surface area (Å²) < 4.78 is 5.06. The van der Waals surface area contributed by atoms with Crippen molar-refractivity contribution in [1.82, 2.24) is 9.97 Å². The first-order valence-electron chi connectivity index (χ1n) is 11.1. The van der Waals surface area contributed by atoms with E-state index in [1.807, 2.05) is 25.1 Å². The summed E-state index contributed by atoms with van der Waals surface area (Å²) in [7, 11) is 0. The Morgan fingerprint density at radius 3 is 2.62 bits per heavy atom. The van der Waals surface area contributed by atoms with Gasteiger partial charge in [-0.15, -0.1) is 11.3 Å². The lowest BCUT2D eigenvalue weighted by Crippen LogP contribution is -2.24. The van der Waals surface area contributed by atoms with E-state index >= 15 is 0 Å². The van der Waals surface area contributed by atoms with Crippen molar-refractivity contribution >= 4 is 50.9 Å². The van der Waals surface area contributed by atoms with Crippen molar-refractivity contribution in [3.8, 4) is 11.1 Å². The van der Waals surface area contributed by atoms with Gasteiger partial charge in [0.05, 0.1) is 22.8 Å². The molecule has 0 aliphatic carbocycles. The highest BCUT2D eigenvalue weighted by Crippen LogP contribution is 2.42. The Morgan fingerprint density at radius 2 is 1.88 bits per heavy atom. The second-order valence-electron chi connectivity index (χ2n) is 7.56. The third-order valence-corrected chi connectivity index (χ3v) is 7.63. The van der Waals surface area contributed by atoms with Gasteiger partial charge >= 0.3 is 5.97 Å². The molecule has 0 bridgehead atoms. The summed E-state index contributed by atoms with van der Waals surface area (Å²) in [6.45, 7) is 6.12. The van der Waals surface area contributed by atoms with Crippen LogP contribution in [-0.4, -0.2) is 33.7 Å². The van der Waals surface area contributed by atoms with Crippen LogP contribution in [0.3, 0.4) is 0 Å². The Labute approximate surface area is 206 Å². The first-order chi connectivity index (χ1) is 16.5. The second-order valence-corrected chi connectivity index (χ2v) is 9.96. The van der Waals surface area contributed by atoms with Crippen molar-refractivity contribution in [2.75, 3.05) is 11.9 Å². The molecule has 34 heavy (non-hydrogen) atoms. The largest absolute Gasteiger partial charge is 0.462 e. The van der Waals surface area contributed by atoms with Crippen LogP contribution in [0, 0.1) is 6.92 Å². The lowest BCUT2D eigenvalue weighted by atomic mass is 10.0. The average Bonchev–Trinajstić information content (AvgIpc) is 3.19. The van der Waals surface area contributed by atoms with E-state index in [9.17, 15) is 9.59 Å². The lowest BCUT2D eigenvalue weighted by Gasteiger charge is -2.15. The molecule has 2 heterocycles. The summed E-state index contributed by atoms with van der Waals surface area (Å²) >= 11 is 3.07. The molecule has 0 spiro atoms. The number of benzene rings is 2. The van der Waals surface area contributed by atoms with E-state index in [-0.39, 0.29) is 11.2 Å². The van der Waals surface area contributed by atoms with Crippen molar-refractivity contribution < 1.29 is 14.3 Å². The number of nitrogens with zero attached hydrogens (tertiary/aromatic N) is 2. The minimum absolute atomic E-state index is 0.145. The van der Waals surface area contributed by atoms with E-state index in [1.54, 1.807) is 48.9 Å². The molecule has 1 N–H and O–H groups in total. The van der Waals surface area contributed by atoms with Gasteiger partial charge in [-0.3, -0.25) is 4.79 Å². The zero-order chi connectivity index (χ0) is 24.1. The van der Waals surface area contributed by atoms with E-state index in [0.29, 0.717) is 24.3 Å². The van der Waals surface area contributed by atoms with Gasteiger partial charge in [0, 0.05) is 16.1 Å². The number of carbonyl (C=O) groups excluding carboxylic acids is 2. The van der Waals surface area contributed by atoms with Gasteiger partial charge < -0.3 is 10.1 Å². The Kier molecular flexibility index (Phi) is 7.59. The van der Waals surface area contributed by atoms with Crippen molar-refractivity contribution in [3.05, 3.63) is 71.4 Å². The summed E-state index contributed by atoms with van der Waals surface area (Å²) in [5.41, 5.74) is 3.18. The van der Waals surface area contributed by atoms with Crippen LogP contribution >= 0.6 is 23.1 Å². The molecule has 174 valence electrons. The van der Waals surface area contributed by atoms with E-state index in [1.165, 1.54) is 11.8 Å². The number of amides is 1. The summed E-state index contributed by atoms with van der Waals surface area (Å²) in [5.74, 6) is -0.557. The maximum atomic E-state index is 13.2. The van der Waals surface area contributed by atoms with E-state index in [4.69, 9.17) is 4.74 Å². The molecule has 6 nitrogen and oxygen atoms in total. The van der Waals surface area contributed by atoms with Crippen LogP contribution in [0.1, 0.15) is 35.5 Å². The predicted octanol–water partition coefficient (Wildman–Crippen LogP) is 6.35. The van der Waals surface area contributed by atoms with Gasteiger partial charge in [0.15, 0.2) is 0 Å². The molecule has 0 aliphatic heterocycles. The maximum absolute atomic E-state index is 13.2. The molecule has 4 rings (SSSR count). The minimum atomic E-state index is -0.412. The van der Waals surface area contributed by atoms with Crippen molar-refractivity contribution in [3.63, 3.8) is 0 Å². The third-order valence-electron chi connectivity index (χ3n) is 5.25. The maximum Gasteiger partial charge on any atom is 0.338 e. The van der Waals surface area contributed by atoms with Gasteiger partial charge in [0.25, 0.3) is 0 Å². The molecule has 8 heteroatoms. The second kappa shape index (κ2) is 10.8. The molecule has 0 aliphatic rings. The number of fused-ring (bicyclic) bond motifs is 1. The Balaban J connectivity index is 1.61. The third kappa shape index (κ3) is 5.13. The Hall–Kier alpha value is -3.23. The van der Waals surface area contributed by atoms with Crippen molar-refractivity contribution in [2.24, 2.45) is 0 Å². The monoisotopic (exact) mass is 491 g/mol. The van der Waals surface area contributed by atoms with Crippen LogP contribution < -0.4 is 5.32 Å². The molecule has 2 aromatic carbocycles. The van der Waals surface area contributed by atoms with Gasteiger partial charge in [0.1, 0.15) is 16.2 Å². The fourth-order valence-electron chi connectivity index (χ4n) is 3.68. The zero-order valence-corrected chi connectivity index (χ0v) is 20.8. The Morgan fingerprint density at radius 1 is 1.09 bits per heavy atom. The molecule has 0 fully saturated rings. The number of thioether (sulfide) groups is 1. The van der Waals surface area contributed by atoms with Crippen LogP contribution in [0.15, 0.2) is 66.0 Å². The first kappa shape index (κ1) is 23.9. The number of hydrogen-bond donors (Lipinski definition) is 1. The normalized spacial score (nSPS) is 11.9. The SMILES string of the molecule is CCOC(=O)c1cccc(NC(=O)C(CC)Sc2ncnc3sc(C)c(-c4ccccc4)c23)c1. The first-order valence-corrected chi connectivity index (χ1v) is 12.8. The van der Waals surface area contributed by atoms with Gasteiger partial charge in [-0.25, -0.2) is 14.8 Å². The predicted molar refractivity (Wildman–Crippen MR) is 139 cm³/mol. The number of anilines is 1. The number of aromatic nitrogens is 2. The van der Waals surface area contributed by atoms with Crippen molar-refractivity contribution in [1.29, 1.82) is 0 Å². The number of rotatable bonds is 8. The molecule has 1 unspecified atom stereocenters. The topological polar surface area (TPSA) is 81.2 Å². The highest BCUT2D eigenvalue weighted by atomic mass is 32.2. The average molecular weight is 492 g/mol. The molecule has 0 saturated carbocycles. The Bertz CT molecular complexity index is 1320. The number of carbonyl (C=O) groups is 2. The van der Waals surface area contributed by atoms with E-state index in [0.717, 1.165) is 31.2 Å². The van der Waals surface area contributed by atoms with Gasteiger partial charge in [0.2, 0.25) is 5.91 Å².